The molecule has 1 rings (SSSR count). The molecule has 0 aromatic carbocycles. The molecule has 0 fully saturated rings. The molecule has 1 heterocycles. The van der Waals surface area contributed by atoms with Crippen molar-refractivity contribution in [1.29, 1.82) is 0 Å². The molecule has 2 N–H and O–H groups in total. The van der Waals surface area contributed by atoms with Crippen molar-refractivity contribution in [3.05, 3.63) is 28.5 Å². The summed E-state index contributed by atoms with van der Waals surface area (Å²) in [5.41, 5.74) is 1.12. The Labute approximate surface area is 125 Å². The van der Waals surface area contributed by atoms with Crippen molar-refractivity contribution in [3.63, 3.8) is 0 Å². The van der Waals surface area contributed by atoms with Gasteiger partial charge in [0.25, 0.3) is 5.91 Å². The molecule has 20 heavy (non-hydrogen) atoms. The summed E-state index contributed by atoms with van der Waals surface area (Å²) < 4.78 is 0. The second-order valence-electron chi connectivity index (χ2n) is 5.90. The highest BCUT2D eigenvalue weighted by Crippen LogP contribution is 2.23. The number of nitrogens with one attached hydrogen (secondary N) is 1. The van der Waals surface area contributed by atoms with Gasteiger partial charge in [0.05, 0.1) is 0 Å². The molecule has 1 aromatic heterocycles. The highest BCUT2D eigenvalue weighted by Gasteiger charge is 2.19. The summed E-state index contributed by atoms with van der Waals surface area (Å²) in [5.74, 6) is -0.180. The predicted octanol–water partition coefficient (Wildman–Crippen LogP) is 2.92. The van der Waals surface area contributed by atoms with E-state index < -0.39 is 0 Å². The fourth-order valence-corrected chi connectivity index (χ4v) is 2.02. The summed E-state index contributed by atoms with van der Waals surface area (Å²) in [5, 5.41) is 12.2. The van der Waals surface area contributed by atoms with Gasteiger partial charge in [-0.05, 0) is 25.0 Å². The van der Waals surface area contributed by atoms with Gasteiger partial charge in [0.15, 0.2) is 0 Å². The van der Waals surface area contributed by atoms with Crippen molar-refractivity contribution in [3.8, 4) is 0 Å². The number of halogens is 1. The fourth-order valence-electron chi connectivity index (χ4n) is 1.82. The van der Waals surface area contributed by atoms with Crippen LogP contribution in [0.15, 0.2) is 12.1 Å². The van der Waals surface area contributed by atoms with Crippen LogP contribution < -0.4 is 5.32 Å². The van der Waals surface area contributed by atoms with Gasteiger partial charge in [0, 0.05) is 29.3 Å². The predicted molar refractivity (Wildman–Crippen MR) is 81.2 cm³/mol. The number of aliphatic hydroxyl groups excluding tert-OH is 1. The molecule has 0 saturated carbocycles. The Morgan fingerprint density at radius 3 is 2.60 bits per heavy atom. The van der Waals surface area contributed by atoms with Crippen molar-refractivity contribution in [1.82, 2.24) is 10.3 Å². The van der Waals surface area contributed by atoms with Gasteiger partial charge in [-0.3, -0.25) is 4.79 Å². The number of aromatic nitrogens is 1. The molecule has 0 bridgehead atoms. The topological polar surface area (TPSA) is 62.2 Å². The summed E-state index contributed by atoms with van der Waals surface area (Å²) in [6.07, 6.45) is 1.32. The van der Waals surface area contributed by atoms with E-state index in [0.717, 1.165) is 12.1 Å². The van der Waals surface area contributed by atoms with E-state index in [1.54, 1.807) is 12.1 Å². The van der Waals surface area contributed by atoms with E-state index in [0.29, 0.717) is 17.1 Å². The molecular weight excluding hydrogens is 276 g/mol. The van der Waals surface area contributed by atoms with Gasteiger partial charge >= 0.3 is 0 Å². The number of carbonyl (C=O) groups is 1. The van der Waals surface area contributed by atoms with Crippen molar-refractivity contribution in [2.45, 2.75) is 52.0 Å². The van der Waals surface area contributed by atoms with Gasteiger partial charge in [0.1, 0.15) is 5.15 Å². The summed E-state index contributed by atoms with van der Waals surface area (Å²) in [6, 6.07) is 3.31. The van der Waals surface area contributed by atoms with Crippen molar-refractivity contribution >= 4 is 17.5 Å². The second-order valence-corrected chi connectivity index (χ2v) is 6.29. The van der Waals surface area contributed by atoms with Crippen LogP contribution in [-0.2, 0) is 5.41 Å². The number of pyridine rings is 1. The zero-order chi connectivity index (χ0) is 15.3. The molecule has 0 radical (unpaired) electrons. The van der Waals surface area contributed by atoms with Gasteiger partial charge < -0.3 is 10.4 Å². The van der Waals surface area contributed by atoms with Gasteiger partial charge in [-0.15, -0.1) is 0 Å². The third-order valence-electron chi connectivity index (χ3n) is 3.13. The first-order valence-corrected chi connectivity index (χ1v) is 7.25. The van der Waals surface area contributed by atoms with Gasteiger partial charge in [0.2, 0.25) is 0 Å². The lowest BCUT2D eigenvalue weighted by molar-refractivity contribution is 0.0929. The molecule has 0 spiro atoms. The zero-order valence-electron chi connectivity index (χ0n) is 12.5. The minimum absolute atomic E-state index is 0.0301. The van der Waals surface area contributed by atoms with Crippen LogP contribution in [0.25, 0.3) is 0 Å². The van der Waals surface area contributed by atoms with Crippen molar-refractivity contribution in [2.75, 3.05) is 6.61 Å². The number of amides is 1. The Kier molecular flexibility index (Phi) is 5.96. The summed E-state index contributed by atoms with van der Waals surface area (Å²) in [7, 11) is 0. The van der Waals surface area contributed by atoms with E-state index in [-0.39, 0.29) is 24.0 Å². The molecule has 1 unspecified atom stereocenters. The van der Waals surface area contributed by atoms with Crippen LogP contribution in [0.3, 0.4) is 0 Å². The number of aliphatic hydroxyl groups is 1. The summed E-state index contributed by atoms with van der Waals surface area (Å²) >= 11 is 6.00. The maximum absolute atomic E-state index is 12.2. The molecule has 1 atom stereocenters. The first-order valence-electron chi connectivity index (χ1n) is 6.87. The van der Waals surface area contributed by atoms with E-state index in [1.165, 1.54) is 0 Å². The van der Waals surface area contributed by atoms with Gasteiger partial charge in [-0.2, -0.15) is 0 Å². The summed E-state index contributed by atoms with van der Waals surface area (Å²) in [6.45, 7) is 8.10. The lowest BCUT2D eigenvalue weighted by Crippen LogP contribution is -2.35. The second kappa shape index (κ2) is 7.04. The number of hydrogen-bond acceptors (Lipinski definition) is 3. The Morgan fingerprint density at radius 2 is 2.10 bits per heavy atom. The van der Waals surface area contributed by atoms with E-state index in [1.807, 2.05) is 27.7 Å². The Bertz CT molecular complexity index is 469. The van der Waals surface area contributed by atoms with Crippen LogP contribution in [0.1, 0.15) is 56.6 Å². The molecular formula is C15H23ClN2O2. The molecule has 5 heteroatoms. The van der Waals surface area contributed by atoms with Gasteiger partial charge in [-0.1, -0.05) is 39.3 Å². The standard InChI is InChI=1S/C15H23ClN2O2/c1-5-11(6-7-19)17-14(20)10-8-12(15(2,3)4)18-13(16)9-10/h8-9,11,19H,5-7H2,1-4H3,(H,17,20). The van der Waals surface area contributed by atoms with E-state index in [9.17, 15) is 4.79 Å². The Hall–Kier alpha value is -1.13. The maximum atomic E-state index is 12.2. The Balaban J connectivity index is 2.96. The number of carbonyl (C=O) groups excluding carboxylic acids is 1. The van der Waals surface area contributed by atoms with Crippen LogP contribution in [0.2, 0.25) is 5.15 Å². The molecule has 0 aliphatic carbocycles. The maximum Gasteiger partial charge on any atom is 0.251 e. The SMILES string of the molecule is CCC(CCO)NC(=O)c1cc(Cl)nc(C(C)(C)C)c1. The van der Waals surface area contributed by atoms with Crippen molar-refractivity contribution < 1.29 is 9.90 Å². The lowest BCUT2D eigenvalue weighted by Gasteiger charge is -2.20. The van der Waals surface area contributed by atoms with Crippen LogP contribution in [0.4, 0.5) is 0 Å². The van der Waals surface area contributed by atoms with Crippen LogP contribution in [0.5, 0.6) is 0 Å². The molecule has 0 aliphatic rings. The molecule has 4 nitrogen and oxygen atoms in total. The van der Waals surface area contributed by atoms with Crippen LogP contribution >= 0.6 is 11.6 Å². The minimum atomic E-state index is -0.180. The lowest BCUT2D eigenvalue weighted by atomic mass is 9.91. The van der Waals surface area contributed by atoms with Crippen LogP contribution in [-0.4, -0.2) is 28.6 Å². The molecule has 112 valence electrons. The summed E-state index contributed by atoms with van der Waals surface area (Å²) in [4.78, 5) is 16.5. The normalized spacial score (nSPS) is 13.1. The smallest absolute Gasteiger partial charge is 0.251 e. The minimum Gasteiger partial charge on any atom is -0.396 e. The largest absolute Gasteiger partial charge is 0.396 e. The van der Waals surface area contributed by atoms with E-state index in [2.05, 4.69) is 10.3 Å². The Morgan fingerprint density at radius 1 is 1.45 bits per heavy atom. The third-order valence-corrected chi connectivity index (χ3v) is 3.32. The fraction of sp³-hybridized carbons (Fsp3) is 0.600. The zero-order valence-corrected chi connectivity index (χ0v) is 13.3. The van der Waals surface area contributed by atoms with Crippen molar-refractivity contribution in [2.24, 2.45) is 0 Å². The number of hydrogen-bond donors (Lipinski definition) is 2. The van der Waals surface area contributed by atoms with Crippen LogP contribution in [0, 0.1) is 0 Å². The third kappa shape index (κ3) is 4.76. The quantitative estimate of drug-likeness (QED) is 0.822. The molecule has 1 aromatic rings. The monoisotopic (exact) mass is 298 g/mol. The highest BCUT2D eigenvalue weighted by molar-refractivity contribution is 6.29. The first-order chi connectivity index (χ1) is 9.27. The molecule has 0 aliphatic heterocycles. The molecule has 1 amide bonds. The van der Waals surface area contributed by atoms with E-state index >= 15 is 0 Å². The highest BCUT2D eigenvalue weighted by atomic mass is 35.5. The van der Waals surface area contributed by atoms with E-state index in [4.69, 9.17) is 16.7 Å². The first kappa shape index (κ1) is 16.9. The average molecular weight is 299 g/mol. The van der Waals surface area contributed by atoms with Gasteiger partial charge in [-0.25, -0.2) is 4.98 Å². The average Bonchev–Trinajstić information content (AvgIpc) is 2.36. The number of nitrogens with zero attached hydrogens (tertiary/aromatic N) is 1. The number of rotatable bonds is 5. The molecule has 0 saturated heterocycles.